The summed E-state index contributed by atoms with van der Waals surface area (Å²) in [5.74, 6) is -0.587. The Morgan fingerprint density at radius 2 is 1.42 bits per heavy atom. The fraction of sp³-hybridized carbons (Fsp3) is 0.182. The van der Waals surface area contributed by atoms with Crippen molar-refractivity contribution in [3.8, 4) is 11.1 Å². The van der Waals surface area contributed by atoms with Gasteiger partial charge in [-0.15, -0.1) is 0 Å². The van der Waals surface area contributed by atoms with Gasteiger partial charge < -0.3 is 20.2 Å². The molecule has 0 unspecified atom stereocenters. The summed E-state index contributed by atoms with van der Waals surface area (Å²) in [6.45, 7) is 2.20. The van der Waals surface area contributed by atoms with Crippen LogP contribution in [0.4, 0.5) is 16.4 Å². The topological polar surface area (TPSA) is 98.7 Å². The summed E-state index contributed by atoms with van der Waals surface area (Å²) in [5, 5.41) is 11.9. The molecule has 1 saturated heterocycles. The zero-order chi connectivity index (χ0) is 20.9. The Labute approximate surface area is 202 Å². The number of hydrogen-bond donors (Lipinski definition) is 2. The number of carbonyl (C=O) groups is 2. The van der Waals surface area contributed by atoms with E-state index in [9.17, 15) is 9.59 Å². The van der Waals surface area contributed by atoms with E-state index < -0.39 is 5.97 Å². The first-order valence-corrected chi connectivity index (χ1v) is 9.62. The van der Waals surface area contributed by atoms with Crippen LogP contribution in [0.15, 0.2) is 67.0 Å². The molecule has 0 spiro atoms. The number of nitrogens with zero attached hydrogens (tertiary/aromatic N) is 4. The second-order valence-electron chi connectivity index (χ2n) is 6.92. The predicted octanol–water partition coefficient (Wildman–Crippen LogP) is 2.55. The number of urea groups is 1. The molecule has 0 saturated carbocycles. The molecule has 31 heavy (non-hydrogen) atoms. The third-order valence-electron chi connectivity index (χ3n) is 4.98. The molecule has 154 valence electrons. The molecule has 2 aromatic carbocycles. The molecule has 8 nitrogen and oxygen atoms in total. The molecular formula is C22H22N5NaO3. The number of nitrogens with one attached hydrogen (secondary N) is 1. The van der Waals surface area contributed by atoms with E-state index in [2.05, 4.69) is 15.3 Å². The van der Waals surface area contributed by atoms with Crippen LogP contribution >= 0.6 is 0 Å². The fourth-order valence-corrected chi connectivity index (χ4v) is 3.28. The Bertz CT molecular complexity index is 1020. The van der Waals surface area contributed by atoms with Gasteiger partial charge in [-0.1, -0.05) is 42.5 Å². The maximum atomic E-state index is 12.6. The van der Waals surface area contributed by atoms with Gasteiger partial charge in [0.25, 0.3) is 0 Å². The summed E-state index contributed by atoms with van der Waals surface area (Å²) in [7, 11) is 0. The summed E-state index contributed by atoms with van der Waals surface area (Å²) in [6.07, 6.45) is 2.59. The van der Waals surface area contributed by atoms with Gasteiger partial charge in [0, 0.05) is 44.3 Å². The molecule has 1 aliphatic rings. The van der Waals surface area contributed by atoms with Crippen molar-refractivity contribution in [1.82, 2.24) is 14.9 Å². The van der Waals surface area contributed by atoms with Gasteiger partial charge in [-0.05, 0) is 23.3 Å². The first kappa shape index (κ1) is 22.7. The minimum absolute atomic E-state index is 0. The number of anilines is 2. The zero-order valence-electron chi connectivity index (χ0n) is 16.2. The van der Waals surface area contributed by atoms with Gasteiger partial charge in [0.05, 0.1) is 5.56 Å². The summed E-state index contributed by atoms with van der Waals surface area (Å²) in [5.41, 5.74) is 3.02. The number of aromatic nitrogens is 2. The molecule has 1 fully saturated rings. The van der Waals surface area contributed by atoms with Crippen molar-refractivity contribution in [2.75, 3.05) is 36.4 Å². The monoisotopic (exact) mass is 427 g/mol. The molecule has 4 rings (SSSR count). The number of carbonyl (C=O) groups excluding carboxylic acids is 1. The Morgan fingerprint density at radius 1 is 0.839 bits per heavy atom. The van der Waals surface area contributed by atoms with Gasteiger partial charge in [0.1, 0.15) is 0 Å². The minimum atomic E-state index is -1.06. The number of hydrogen-bond acceptors (Lipinski definition) is 5. The second-order valence-corrected chi connectivity index (χ2v) is 6.92. The Hall–Kier alpha value is -2.94. The van der Waals surface area contributed by atoms with Crippen molar-refractivity contribution in [2.24, 2.45) is 0 Å². The standard InChI is InChI=1S/C22H21N5O3.Na.H/c28-20(29)18-14-23-21(24-15-18)26-10-12-27(13-11-26)22(30)25-19-8-6-17(7-9-19)16-4-2-1-3-5-16;;/h1-9,14-15H,10-13H2,(H,25,30)(H,28,29);;. The summed E-state index contributed by atoms with van der Waals surface area (Å²) in [6, 6.07) is 17.7. The molecule has 0 atom stereocenters. The molecule has 0 aliphatic carbocycles. The van der Waals surface area contributed by atoms with Gasteiger partial charge in [0.2, 0.25) is 5.95 Å². The van der Waals surface area contributed by atoms with Crippen LogP contribution < -0.4 is 10.2 Å². The molecule has 1 aromatic heterocycles. The Balaban J connectivity index is 0.00000272. The molecule has 3 aromatic rings. The Morgan fingerprint density at radius 3 is 2.00 bits per heavy atom. The molecule has 2 N–H and O–H groups in total. The normalized spacial score (nSPS) is 13.3. The van der Waals surface area contributed by atoms with E-state index >= 15 is 0 Å². The number of amides is 2. The van der Waals surface area contributed by atoms with Gasteiger partial charge in [-0.2, -0.15) is 0 Å². The fourth-order valence-electron chi connectivity index (χ4n) is 3.28. The number of rotatable bonds is 4. The first-order valence-electron chi connectivity index (χ1n) is 9.62. The number of benzene rings is 2. The van der Waals surface area contributed by atoms with Crippen LogP contribution in [0.2, 0.25) is 0 Å². The van der Waals surface area contributed by atoms with E-state index in [1.54, 1.807) is 4.90 Å². The van der Waals surface area contributed by atoms with E-state index in [-0.39, 0.29) is 41.2 Å². The van der Waals surface area contributed by atoms with Crippen LogP contribution in [0.5, 0.6) is 0 Å². The van der Waals surface area contributed by atoms with Crippen LogP contribution in [-0.2, 0) is 0 Å². The molecule has 2 heterocycles. The molecule has 1 aliphatic heterocycles. The number of aromatic carboxylic acids is 1. The average molecular weight is 427 g/mol. The van der Waals surface area contributed by atoms with E-state index in [1.807, 2.05) is 59.5 Å². The number of carboxylic acid groups (broad SMARTS) is 1. The van der Waals surface area contributed by atoms with E-state index in [4.69, 9.17) is 5.11 Å². The van der Waals surface area contributed by atoms with E-state index in [0.717, 1.165) is 16.8 Å². The second kappa shape index (κ2) is 10.4. The first-order chi connectivity index (χ1) is 14.6. The molecule has 2 amide bonds. The molecular weight excluding hydrogens is 405 g/mol. The summed E-state index contributed by atoms with van der Waals surface area (Å²) < 4.78 is 0. The SMILES string of the molecule is O=C(O)c1cnc(N2CCN(C(=O)Nc3ccc(-c4ccccc4)cc3)CC2)nc1.[NaH]. The van der Waals surface area contributed by atoms with Gasteiger partial charge in [-0.3, -0.25) is 0 Å². The van der Waals surface area contributed by atoms with Crippen molar-refractivity contribution in [1.29, 1.82) is 0 Å². The van der Waals surface area contributed by atoms with Crippen molar-refractivity contribution in [3.05, 3.63) is 72.6 Å². The summed E-state index contributed by atoms with van der Waals surface area (Å²) in [4.78, 5) is 35.4. The quantitative estimate of drug-likeness (QED) is 0.621. The van der Waals surface area contributed by atoms with Gasteiger partial charge >= 0.3 is 41.6 Å². The zero-order valence-corrected chi connectivity index (χ0v) is 16.2. The molecule has 0 radical (unpaired) electrons. The van der Waals surface area contributed by atoms with Gasteiger partial charge in [-0.25, -0.2) is 19.6 Å². The molecule has 0 bridgehead atoms. The van der Waals surface area contributed by atoms with Crippen molar-refractivity contribution in [2.45, 2.75) is 0 Å². The van der Waals surface area contributed by atoms with Crippen molar-refractivity contribution >= 4 is 53.2 Å². The molecule has 9 heteroatoms. The van der Waals surface area contributed by atoms with Crippen LogP contribution in [0.1, 0.15) is 10.4 Å². The van der Waals surface area contributed by atoms with Crippen LogP contribution in [-0.4, -0.2) is 87.7 Å². The number of carboxylic acids is 1. The Kier molecular flexibility index (Phi) is 7.62. The predicted molar refractivity (Wildman–Crippen MR) is 121 cm³/mol. The van der Waals surface area contributed by atoms with Crippen molar-refractivity contribution < 1.29 is 14.7 Å². The van der Waals surface area contributed by atoms with Crippen LogP contribution in [0.3, 0.4) is 0 Å². The summed E-state index contributed by atoms with van der Waals surface area (Å²) >= 11 is 0. The average Bonchev–Trinajstić information content (AvgIpc) is 2.80. The van der Waals surface area contributed by atoms with Crippen LogP contribution in [0, 0.1) is 0 Å². The van der Waals surface area contributed by atoms with Gasteiger partial charge in [0.15, 0.2) is 0 Å². The third-order valence-corrected chi connectivity index (χ3v) is 4.98. The van der Waals surface area contributed by atoms with Crippen molar-refractivity contribution in [3.63, 3.8) is 0 Å². The van der Waals surface area contributed by atoms with E-state index in [1.165, 1.54) is 12.4 Å². The third kappa shape index (κ3) is 5.61. The maximum absolute atomic E-state index is 12.6. The van der Waals surface area contributed by atoms with E-state index in [0.29, 0.717) is 32.1 Å². The van der Waals surface area contributed by atoms with Crippen LogP contribution in [0.25, 0.3) is 11.1 Å². The number of piperazine rings is 1.